The monoisotopic (exact) mass is 482 g/mol. The molecule has 0 radical (unpaired) electrons. The van der Waals surface area contributed by atoms with Gasteiger partial charge in [-0.05, 0) is 50.1 Å². The molecule has 3 aromatic heterocycles. The number of aromatic nitrogens is 1. The molecule has 0 unspecified atom stereocenters. The summed E-state index contributed by atoms with van der Waals surface area (Å²) < 4.78 is 1.12. The van der Waals surface area contributed by atoms with Crippen LogP contribution in [0, 0.1) is 0 Å². The molecule has 0 fully saturated rings. The number of benzene rings is 1. The molecule has 164 valence electrons. The van der Waals surface area contributed by atoms with Gasteiger partial charge in [-0.2, -0.15) is 0 Å². The molecule has 1 aromatic carbocycles. The van der Waals surface area contributed by atoms with Gasteiger partial charge in [-0.15, -0.1) is 34.0 Å². The van der Waals surface area contributed by atoms with E-state index in [-0.39, 0.29) is 5.91 Å². The number of nitrogens with two attached hydrogens (primary N) is 1. The van der Waals surface area contributed by atoms with Gasteiger partial charge in [0.25, 0.3) is 11.8 Å². The van der Waals surface area contributed by atoms with Gasteiger partial charge >= 0.3 is 0 Å². The van der Waals surface area contributed by atoms with E-state index in [1.165, 1.54) is 22.7 Å². The molecule has 9 heteroatoms. The number of carbonyl (C=O) groups excluding carboxylic acids is 2. The van der Waals surface area contributed by atoms with Crippen molar-refractivity contribution in [2.45, 2.75) is 32.9 Å². The molecule has 5 rings (SSSR count). The molecule has 0 spiro atoms. The van der Waals surface area contributed by atoms with Crippen LogP contribution in [0.4, 0.5) is 5.00 Å². The number of carbonyl (C=O) groups is 2. The van der Waals surface area contributed by atoms with Crippen LogP contribution in [0.15, 0.2) is 36.4 Å². The Bertz CT molecular complexity index is 1300. The van der Waals surface area contributed by atoms with Gasteiger partial charge in [0.05, 0.1) is 25.5 Å². The van der Waals surface area contributed by atoms with Crippen LogP contribution in [0.2, 0.25) is 0 Å². The first-order valence-electron chi connectivity index (χ1n) is 10.4. The van der Waals surface area contributed by atoms with E-state index in [9.17, 15) is 9.59 Å². The summed E-state index contributed by atoms with van der Waals surface area (Å²) in [7, 11) is 0. The number of anilines is 1. The Morgan fingerprint density at radius 2 is 1.94 bits per heavy atom. The Labute approximate surface area is 197 Å². The maximum absolute atomic E-state index is 13.0. The molecule has 6 nitrogen and oxygen atoms in total. The van der Waals surface area contributed by atoms with E-state index in [4.69, 9.17) is 5.73 Å². The standard InChI is InChI=1S/C23H22N4O2S3/c1-12(2)27-10-9-13-18(11-27)32-23(19(13)20(24)28)26-21(29)16-7-8-17(30-16)22-25-14-5-3-4-6-15(14)31-22/h3-8,12H,9-11H2,1-2H3,(H2,24,28)(H,26,29). The number of nitrogens with one attached hydrogen (secondary N) is 1. The Balaban J connectivity index is 1.40. The fraction of sp³-hybridized carbons (Fsp3) is 0.261. The predicted molar refractivity (Wildman–Crippen MR) is 133 cm³/mol. The lowest BCUT2D eigenvalue weighted by atomic mass is 10.0. The maximum Gasteiger partial charge on any atom is 0.266 e. The summed E-state index contributed by atoms with van der Waals surface area (Å²) in [4.78, 5) is 34.9. The largest absolute Gasteiger partial charge is 0.365 e. The summed E-state index contributed by atoms with van der Waals surface area (Å²) in [5.74, 6) is -0.721. The maximum atomic E-state index is 13.0. The summed E-state index contributed by atoms with van der Waals surface area (Å²) in [6.45, 7) is 5.98. The van der Waals surface area contributed by atoms with Crippen LogP contribution < -0.4 is 11.1 Å². The molecule has 2 amide bonds. The van der Waals surface area contributed by atoms with Crippen LogP contribution >= 0.6 is 34.0 Å². The highest BCUT2D eigenvalue weighted by molar-refractivity contribution is 7.26. The predicted octanol–water partition coefficient (Wildman–Crippen LogP) is 5.20. The first kappa shape index (κ1) is 21.3. The van der Waals surface area contributed by atoms with E-state index < -0.39 is 5.91 Å². The van der Waals surface area contributed by atoms with Gasteiger partial charge in [-0.3, -0.25) is 14.5 Å². The molecule has 4 heterocycles. The van der Waals surface area contributed by atoms with Crippen molar-refractivity contribution in [3.8, 4) is 9.88 Å². The van der Waals surface area contributed by atoms with E-state index in [1.807, 2.05) is 30.3 Å². The quantitative estimate of drug-likeness (QED) is 0.409. The lowest BCUT2D eigenvalue weighted by Crippen LogP contribution is -2.35. The van der Waals surface area contributed by atoms with Crippen molar-refractivity contribution in [3.63, 3.8) is 0 Å². The smallest absolute Gasteiger partial charge is 0.266 e. The third kappa shape index (κ3) is 3.86. The third-order valence-electron chi connectivity index (χ3n) is 5.62. The van der Waals surface area contributed by atoms with E-state index >= 15 is 0 Å². The van der Waals surface area contributed by atoms with Gasteiger partial charge in [-0.25, -0.2) is 4.98 Å². The Morgan fingerprint density at radius 1 is 1.12 bits per heavy atom. The highest BCUT2D eigenvalue weighted by atomic mass is 32.1. The molecule has 0 saturated heterocycles. The van der Waals surface area contributed by atoms with Crippen LogP contribution in [-0.4, -0.2) is 34.3 Å². The number of thiophene rings is 2. The molecule has 0 atom stereocenters. The van der Waals surface area contributed by atoms with Crippen molar-refractivity contribution in [3.05, 3.63) is 57.3 Å². The normalized spacial score (nSPS) is 14.1. The van der Waals surface area contributed by atoms with Crippen molar-refractivity contribution in [1.82, 2.24) is 9.88 Å². The van der Waals surface area contributed by atoms with Crippen LogP contribution in [0.25, 0.3) is 20.1 Å². The zero-order chi connectivity index (χ0) is 22.4. The molecule has 1 aliphatic rings. The number of fused-ring (bicyclic) bond motifs is 2. The number of amides is 2. The van der Waals surface area contributed by atoms with Gasteiger partial charge in [-0.1, -0.05) is 12.1 Å². The number of thiazole rings is 1. The molecule has 0 aliphatic carbocycles. The number of para-hydroxylation sites is 1. The van der Waals surface area contributed by atoms with Gasteiger partial charge in [0, 0.05) is 24.0 Å². The average Bonchev–Trinajstić information content (AvgIpc) is 3.48. The molecule has 0 saturated carbocycles. The number of hydrogen-bond acceptors (Lipinski definition) is 7. The lowest BCUT2D eigenvalue weighted by molar-refractivity contribution is 0.0999. The lowest BCUT2D eigenvalue weighted by Gasteiger charge is -2.30. The minimum Gasteiger partial charge on any atom is -0.365 e. The molecule has 3 N–H and O–H groups in total. The van der Waals surface area contributed by atoms with E-state index in [2.05, 4.69) is 29.0 Å². The summed E-state index contributed by atoms with van der Waals surface area (Å²) in [6.07, 6.45) is 0.763. The summed E-state index contributed by atoms with van der Waals surface area (Å²) in [5, 5.41) is 4.40. The SMILES string of the molecule is CC(C)N1CCc2c(sc(NC(=O)c3ccc(-c4nc5ccccc5s4)s3)c2C(N)=O)C1. The van der Waals surface area contributed by atoms with Crippen molar-refractivity contribution in [2.75, 3.05) is 11.9 Å². The van der Waals surface area contributed by atoms with Gasteiger partial charge < -0.3 is 11.1 Å². The van der Waals surface area contributed by atoms with Crippen LogP contribution in [0.3, 0.4) is 0 Å². The molecule has 1 aliphatic heterocycles. The second kappa shape index (κ2) is 8.40. The first-order valence-corrected chi connectivity index (χ1v) is 12.8. The summed E-state index contributed by atoms with van der Waals surface area (Å²) >= 11 is 4.47. The van der Waals surface area contributed by atoms with Crippen LogP contribution in [0.1, 0.15) is 44.3 Å². The molecule has 0 bridgehead atoms. The average molecular weight is 483 g/mol. The zero-order valence-corrected chi connectivity index (χ0v) is 20.1. The van der Waals surface area contributed by atoms with E-state index in [0.29, 0.717) is 21.5 Å². The van der Waals surface area contributed by atoms with Gasteiger partial charge in [0.15, 0.2) is 0 Å². The van der Waals surface area contributed by atoms with E-state index in [1.54, 1.807) is 17.4 Å². The summed E-state index contributed by atoms with van der Waals surface area (Å²) in [5.41, 5.74) is 8.11. The van der Waals surface area contributed by atoms with Crippen molar-refractivity contribution in [2.24, 2.45) is 5.73 Å². The van der Waals surface area contributed by atoms with Gasteiger partial charge in [0.1, 0.15) is 10.0 Å². The third-order valence-corrected chi connectivity index (χ3v) is 9.05. The van der Waals surface area contributed by atoms with Crippen molar-refractivity contribution in [1.29, 1.82) is 0 Å². The Kier molecular flexibility index (Phi) is 5.58. The highest BCUT2D eigenvalue weighted by Crippen LogP contribution is 2.39. The van der Waals surface area contributed by atoms with Crippen molar-refractivity contribution < 1.29 is 9.59 Å². The van der Waals surface area contributed by atoms with E-state index in [0.717, 1.165) is 50.1 Å². The topological polar surface area (TPSA) is 88.3 Å². The van der Waals surface area contributed by atoms with Crippen molar-refractivity contribution >= 4 is 61.0 Å². The minimum atomic E-state index is -0.489. The zero-order valence-electron chi connectivity index (χ0n) is 17.7. The molecular formula is C23H22N4O2S3. The summed E-state index contributed by atoms with van der Waals surface area (Å²) in [6, 6.07) is 12.1. The number of primary amides is 1. The number of nitrogens with zero attached hydrogens (tertiary/aromatic N) is 2. The van der Waals surface area contributed by atoms with Gasteiger partial charge in [0.2, 0.25) is 0 Å². The molecule has 32 heavy (non-hydrogen) atoms. The Hall–Kier alpha value is -2.59. The Morgan fingerprint density at radius 3 is 2.69 bits per heavy atom. The highest BCUT2D eigenvalue weighted by Gasteiger charge is 2.29. The fourth-order valence-corrected chi connectivity index (χ4v) is 7.13. The van der Waals surface area contributed by atoms with Crippen LogP contribution in [-0.2, 0) is 13.0 Å². The minimum absolute atomic E-state index is 0.232. The first-order chi connectivity index (χ1) is 15.4. The number of rotatable bonds is 5. The number of hydrogen-bond donors (Lipinski definition) is 2. The second-order valence-corrected chi connectivity index (χ2v) is 11.2. The molecule has 4 aromatic rings. The second-order valence-electron chi connectivity index (χ2n) is 7.99. The molecular weight excluding hydrogens is 460 g/mol. The van der Waals surface area contributed by atoms with Crippen LogP contribution in [0.5, 0.6) is 0 Å². The fourth-order valence-electron chi connectivity index (χ4n) is 3.93.